The second-order valence-electron chi connectivity index (χ2n) is 5.44. The predicted octanol–water partition coefficient (Wildman–Crippen LogP) is 3.97. The molecule has 0 spiro atoms. The molecule has 0 heterocycles. The van der Waals surface area contributed by atoms with Gasteiger partial charge in [-0.05, 0) is 18.8 Å². The van der Waals surface area contributed by atoms with Crippen molar-refractivity contribution in [3.05, 3.63) is 0 Å². The molecule has 2 nitrogen and oxygen atoms in total. The minimum absolute atomic E-state index is 0.136. The molecule has 0 aromatic carbocycles. The number of aliphatic hydroxyl groups excluding tert-OH is 1. The zero-order valence-electron chi connectivity index (χ0n) is 11.8. The molecule has 16 heavy (non-hydrogen) atoms. The van der Waals surface area contributed by atoms with Gasteiger partial charge in [0.1, 0.15) is 0 Å². The summed E-state index contributed by atoms with van der Waals surface area (Å²) in [5.74, 6) is 0.599. The molecular weight excluding hydrogens is 200 g/mol. The van der Waals surface area contributed by atoms with Gasteiger partial charge in [-0.2, -0.15) is 0 Å². The summed E-state index contributed by atoms with van der Waals surface area (Å²) in [4.78, 5) is 0. The SMILES string of the molecule is CCCCC(CC)COC(O)C(C)(C)CC. The van der Waals surface area contributed by atoms with E-state index in [0.29, 0.717) is 12.5 Å². The molecule has 0 amide bonds. The van der Waals surface area contributed by atoms with Crippen molar-refractivity contribution in [3.8, 4) is 0 Å². The molecule has 0 rings (SSSR count). The molecule has 0 radical (unpaired) electrons. The topological polar surface area (TPSA) is 29.5 Å². The van der Waals surface area contributed by atoms with E-state index in [4.69, 9.17) is 4.74 Å². The maximum Gasteiger partial charge on any atom is 0.159 e. The van der Waals surface area contributed by atoms with Crippen LogP contribution >= 0.6 is 0 Å². The molecular formula is C14H30O2. The van der Waals surface area contributed by atoms with Crippen LogP contribution < -0.4 is 0 Å². The highest BCUT2D eigenvalue weighted by Gasteiger charge is 2.26. The van der Waals surface area contributed by atoms with Gasteiger partial charge in [0.15, 0.2) is 6.29 Å². The van der Waals surface area contributed by atoms with Gasteiger partial charge in [0.25, 0.3) is 0 Å². The van der Waals surface area contributed by atoms with Crippen LogP contribution in [0.1, 0.15) is 66.7 Å². The lowest BCUT2D eigenvalue weighted by molar-refractivity contribution is -0.173. The van der Waals surface area contributed by atoms with Crippen LogP contribution in [-0.4, -0.2) is 18.0 Å². The van der Waals surface area contributed by atoms with E-state index in [2.05, 4.69) is 20.8 Å². The number of hydrogen-bond donors (Lipinski definition) is 1. The molecule has 0 aliphatic carbocycles. The van der Waals surface area contributed by atoms with Gasteiger partial charge >= 0.3 is 0 Å². The van der Waals surface area contributed by atoms with Gasteiger partial charge in [0.2, 0.25) is 0 Å². The molecule has 0 aromatic heterocycles. The van der Waals surface area contributed by atoms with Crippen LogP contribution in [0.3, 0.4) is 0 Å². The lowest BCUT2D eigenvalue weighted by atomic mass is 9.89. The van der Waals surface area contributed by atoms with Crippen LogP contribution in [0.5, 0.6) is 0 Å². The summed E-state index contributed by atoms with van der Waals surface area (Å²) in [6.07, 6.45) is 5.15. The minimum Gasteiger partial charge on any atom is -0.368 e. The summed E-state index contributed by atoms with van der Waals surface area (Å²) in [6, 6.07) is 0. The first-order chi connectivity index (χ1) is 7.47. The Balaban J connectivity index is 3.91. The van der Waals surface area contributed by atoms with Crippen molar-refractivity contribution < 1.29 is 9.84 Å². The third-order valence-corrected chi connectivity index (χ3v) is 3.61. The predicted molar refractivity (Wildman–Crippen MR) is 69.3 cm³/mol. The summed E-state index contributed by atoms with van der Waals surface area (Å²) < 4.78 is 5.60. The third kappa shape index (κ3) is 5.86. The van der Waals surface area contributed by atoms with Crippen molar-refractivity contribution in [1.29, 1.82) is 0 Å². The van der Waals surface area contributed by atoms with Gasteiger partial charge in [-0.3, -0.25) is 0 Å². The largest absolute Gasteiger partial charge is 0.368 e. The molecule has 2 heteroatoms. The van der Waals surface area contributed by atoms with Gasteiger partial charge in [-0.1, -0.05) is 53.9 Å². The fourth-order valence-corrected chi connectivity index (χ4v) is 1.53. The molecule has 0 aliphatic rings. The van der Waals surface area contributed by atoms with E-state index in [0.717, 1.165) is 12.8 Å². The van der Waals surface area contributed by atoms with Gasteiger partial charge in [-0.15, -0.1) is 0 Å². The first-order valence-corrected chi connectivity index (χ1v) is 6.77. The molecule has 98 valence electrons. The maximum atomic E-state index is 9.92. The highest BCUT2D eigenvalue weighted by molar-refractivity contribution is 4.70. The second-order valence-corrected chi connectivity index (χ2v) is 5.44. The Morgan fingerprint density at radius 2 is 1.81 bits per heavy atom. The molecule has 2 atom stereocenters. The third-order valence-electron chi connectivity index (χ3n) is 3.61. The normalized spacial score (nSPS) is 16.1. The number of unbranched alkanes of at least 4 members (excludes halogenated alkanes) is 1. The summed E-state index contributed by atoms with van der Waals surface area (Å²) in [6.45, 7) is 11.3. The van der Waals surface area contributed by atoms with Gasteiger partial charge in [0, 0.05) is 5.41 Å². The Morgan fingerprint density at radius 3 is 2.25 bits per heavy atom. The van der Waals surface area contributed by atoms with E-state index in [1.165, 1.54) is 19.3 Å². The van der Waals surface area contributed by atoms with E-state index < -0.39 is 6.29 Å². The highest BCUT2D eigenvalue weighted by atomic mass is 16.6. The fourth-order valence-electron chi connectivity index (χ4n) is 1.53. The van der Waals surface area contributed by atoms with Crippen LogP contribution in [0, 0.1) is 11.3 Å². The van der Waals surface area contributed by atoms with Crippen molar-refractivity contribution >= 4 is 0 Å². The van der Waals surface area contributed by atoms with E-state index >= 15 is 0 Å². The average molecular weight is 230 g/mol. The number of hydrogen-bond acceptors (Lipinski definition) is 2. The second kappa shape index (κ2) is 8.08. The number of ether oxygens (including phenoxy) is 1. The minimum atomic E-state index is -0.631. The molecule has 0 saturated heterocycles. The molecule has 1 N–H and O–H groups in total. The summed E-state index contributed by atoms with van der Waals surface area (Å²) in [7, 11) is 0. The zero-order chi connectivity index (χ0) is 12.6. The van der Waals surface area contributed by atoms with Crippen LogP contribution in [0.2, 0.25) is 0 Å². The van der Waals surface area contributed by atoms with Gasteiger partial charge < -0.3 is 9.84 Å². The van der Waals surface area contributed by atoms with E-state index in [9.17, 15) is 5.11 Å². The van der Waals surface area contributed by atoms with Crippen LogP contribution in [0.15, 0.2) is 0 Å². The first-order valence-electron chi connectivity index (χ1n) is 6.77. The van der Waals surface area contributed by atoms with Crippen LogP contribution in [0.25, 0.3) is 0 Å². The van der Waals surface area contributed by atoms with E-state index in [-0.39, 0.29) is 5.41 Å². The lowest BCUT2D eigenvalue weighted by Crippen LogP contribution is -2.32. The number of rotatable bonds is 9. The molecule has 0 saturated carbocycles. The fraction of sp³-hybridized carbons (Fsp3) is 1.00. The molecule has 0 aromatic rings. The lowest BCUT2D eigenvalue weighted by Gasteiger charge is -2.30. The smallest absolute Gasteiger partial charge is 0.159 e. The standard InChI is InChI=1S/C14H30O2/c1-6-9-10-12(7-2)11-16-13(15)14(4,5)8-3/h12-13,15H,6-11H2,1-5H3. The quantitative estimate of drug-likeness (QED) is 0.607. The Bertz CT molecular complexity index is 166. The van der Waals surface area contributed by atoms with Crippen LogP contribution in [-0.2, 0) is 4.74 Å². The van der Waals surface area contributed by atoms with Gasteiger partial charge in [-0.25, -0.2) is 0 Å². The molecule has 0 fully saturated rings. The molecule has 0 aliphatic heterocycles. The van der Waals surface area contributed by atoms with Crippen LogP contribution in [0.4, 0.5) is 0 Å². The molecule has 2 unspecified atom stereocenters. The Hall–Kier alpha value is -0.0800. The Labute approximate surface area is 101 Å². The van der Waals surface area contributed by atoms with Gasteiger partial charge in [0.05, 0.1) is 6.61 Å². The Kier molecular flexibility index (Phi) is 8.04. The van der Waals surface area contributed by atoms with Crippen molar-refractivity contribution in [2.24, 2.45) is 11.3 Å². The summed E-state index contributed by atoms with van der Waals surface area (Å²) in [5, 5.41) is 9.92. The van der Waals surface area contributed by atoms with E-state index in [1.807, 2.05) is 13.8 Å². The van der Waals surface area contributed by atoms with Crippen molar-refractivity contribution in [2.45, 2.75) is 73.0 Å². The highest BCUT2D eigenvalue weighted by Crippen LogP contribution is 2.26. The number of aliphatic hydroxyl groups is 1. The summed E-state index contributed by atoms with van der Waals surface area (Å²) in [5.41, 5.74) is -0.136. The zero-order valence-corrected chi connectivity index (χ0v) is 11.8. The van der Waals surface area contributed by atoms with Crippen molar-refractivity contribution in [3.63, 3.8) is 0 Å². The molecule has 0 bridgehead atoms. The summed E-state index contributed by atoms with van der Waals surface area (Å²) >= 11 is 0. The first kappa shape index (κ1) is 15.9. The Morgan fingerprint density at radius 1 is 1.19 bits per heavy atom. The van der Waals surface area contributed by atoms with Crippen molar-refractivity contribution in [1.82, 2.24) is 0 Å². The average Bonchev–Trinajstić information content (AvgIpc) is 2.28. The maximum absolute atomic E-state index is 9.92. The monoisotopic (exact) mass is 230 g/mol. The van der Waals surface area contributed by atoms with Crippen molar-refractivity contribution in [2.75, 3.05) is 6.61 Å². The van der Waals surface area contributed by atoms with E-state index in [1.54, 1.807) is 0 Å².